The van der Waals surface area contributed by atoms with Crippen molar-refractivity contribution in [2.24, 2.45) is 0 Å². The fourth-order valence-electron chi connectivity index (χ4n) is 2.14. The summed E-state index contributed by atoms with van der Waals surface area (Å²) in [4.78, 5) is 45.6. The molecule has 0 aromatic rings. The number of hydrogen-bond acceptors (Lipinski definition) is 8. The average molecular weight is 401 g/mol. The molecule has 10 nitrogen and oxygen atoms in total. The first-order valence-electron chi connectivity index (χ1n) is 9.08. The van der Waals surface area contributed by atoms with Crippen LogP contribution in [0.15, 0.2) is 12.2 Å². The largest absolute Gasteiger partial charge is 0.481 e. The summed E-state index contributed by atoms with van der Waals surface area (Å²) in [5, 5.41) is 8.42. The number of ketones is 1. The summed E-state index contributed by atoms with van der Waals surface area (Å²) in [6.45, 7) is 2.67. The molecule has 0 atom stereocenters. The minimum atomic E-state index is -0.893. The van der Waals surface area contributed by atoms with Gasteiger partial charge in [0.2, 0.25) is 0 Å². The molecule has 10 heteroatoms. The number of nitrogens with zero attached hydrogens (tertiary/aromatic N) is 1. The van der Waals surface area contributed by atoms with Gasteiger partial charge < -0.3 is 24.1 Å². The smallest absolute Gasteiger partial charge is 0.305 e. The second-order valence-electron chi connectivity index (χ2n) is 5.83. The van der Waals surface area contributed by atoms with Gasteiger partial charge in [0, 0.05) is 25.2 Å². The molecule has 0 spiro atoms. The summed E-state index contributed by atoms with van der Waals surface area (Å²) in [6, 6.07) is 0. The van der Waals surface area contributed by atoms with E-state index in [0.717, 1.165) is 17.1 Å². The van der Waals surface area contributed by atoms with Crippen LogP contribution in [0.5, 0.6) is 0 Å². The van der Waals surface area contributed by atoms with Crippen molar-refractivity contribution in [1.29, 1.82) is 0 Å². The Bertz CT molecular complexity index is 529. The SMILES string of the molecule is O=C(O)CCOCCOCCOCCOCCCC(=O)CN1C(=O)C=CC1=O. The zero-order valence-electron chi connectivity index (χ0n) is 15.8. The topological polar surface area (TPSA) is 129 Å². The van der Waals surface area contributed by atoms with Crippen molar-refractivity contribution in [3.8, 4) is 0 Å². The van der Waals surface area contributed by atoms with Crippen molar-refractivity contribution in [2.45, 2.75) is 19.3 Å². The van der Waals surface area contributed by atoms with Gasteiger partial charge in [-0.1, -0.05) is 0 Å². The lowest BCUT2D eigenvalue weighted by molar-refractivity contribution is -0.140. The standard InChI is InChI=1S/C18H27NO9/c20-15(14-19-16(21)3-4-17(19)22)2-1-6-25-8-10-27-12-13-28-11-9-26-7-5-18(23)24/h3-4H,1-2,5-14H2,(H,23,24). The van der Waals surface area contributed by atoms with Gasteiger partial charge in [-0.25, -0.2) is 0 Å². The Hall–Kier alpha value is -2.14. The fraction of sp³-hybridized carbons (Fsp3) is 0.667. The van der Waals surface area contributed by atoms with Gasteiger partial charge in [0.1, 0.15) is 0 Å². The maximum Gasteiger partial charge on any atom is 0.305 e. The van der Waals surface area contributed by atoms with Gasteiger partial charge in [0.05, 0.1) is 59.2 Å². The molecule has 0 saturated carbocycles. The van der Waals surface area contributed by atoms with E-state index in [9.17, 15) is 19.2 Å². The van der Waals surface area contributed by atoms with Gasteiger partial charge in [-0.3, -0.25) is 24.1 Å². The van der Waals surface area contributed by atoms with Crippen LogP contribution in [-0.4, -0.2) is 93.0 Å². The Balaban J connectivity index is 1.81. The van der Waals surface area contributed by atoms with E-state index in [1.807, 2.05) is 0 Å². The molecule has 0 radical (unpaired) electrons. The van der Waals surface area contributed by atoms with Crippen LogP contribution in [0.2, 0.25) is 0 Å². The summed E-state index contributed by atoms with van der Waals surface area (Å²) in [6.07, 6.45) is 3.03. The highest BCUT2D eigenvalue weighted by atomic mass is 16.6. The predicted octanol–water partition coefficient (Wildman–Crippen LogP) is -0.198. The summed E-state index contributed by atoms with van der Waals surface area (Å²) in [5.74, 6) is -1.99. The van der Waals surface area contributed by atoms with Crippen molar-refractivity contribution >= 4 is 23.6 Å². The fourth-order valence-corrected chi connectivity index (χ4v) is 2.14. The second kappa shape index (κ2) is 14.9. The first-order valence-corrected chi connectivity index (χ1v) is 9.08. The van der Waals surface area contributed by atoms with E-state index < -0.39 is 17.8 Å². The van der Waals surface area contributed by atoms with Crippen LogP contribution in [0, 0.1) is 0 Å². The van der Waals surface area contributed by atoms with Crippen LogP contribution >= 0.6 is 0 Å². The normalized spacial score (nSPS) is 13.5. The molecule has 1 N–H and O–H groups in total. The third-order valence-corrected chi connectivity index (χ3v) is 3.56. The quantitative estimate of drug-likeness (QED) is 0.245. The molecular weight excluding hydrogens is 374 g/mol. The van der Waals surface area contributed by atoms with Crippen molar-refractivity contribution in [2.75, 3.05) is 59.4 Å². The van der Waals surface area contributed by atoms with E-state index in [4.69, 9.17) is 24.1 Å². The molecule has 0 bridgehead atoms. The molecule has 0 saturated heterocycles. The van der Waals surface area contributed by atoms with Crippen LogP contribution in [0.25, 0.3) is 0 Å². The van der Waals surface area contributed by atoms with E-state index in [2.05, 4.69) is 0 Å². The lowest BCUT2D eigenvalue weighted by atomic mass is 10.2. The van der Waals surface area contributed by atoms with Gasteiger partial charge in [-0.15, -0.1) is 0 Å². The first-order chi connectivity index (χ1) is 13.5. The number of imide groups is 1. The third-order valence-electron chi connectivity index (χ3n) is 3.56. The highest BCUT2D eigenvalue weighted by Crippen LogP contribution is 2.04. The lowest BCUT2D eigenvalue weighted by Gasteiger charge is -2.12. The van der Waals surface area contributed by atoms with E-state index in [-0.39, 0.29) is 31.8 Å². The molecule has 0 aromatic carbocycles. The molecule has 2 amide bonds. The first kappa shape index (κ1) is 23.9. The number of carbonyl (C=O) groups is 4. The number of hydrogen-bond donors (Lipinski definition) is 1. The number of aliphatic carboxylic acids is 1. The molecule has 1 rings (SSSR count). The maximum absolute atomic E-state index is 11.7. The number of rotatable bonds is 18. The highest BCUT2D eigenvalue weighted by molar-refractivity contribution is 6.14. The van der Waals surface area contributed by atoms with Crippen molar-refractivity contribution in [1.82, 2.24) is 4.90 Å². The molecule has 1 aliphatic heterocycles. The lowest BCUT2D eigenvalue weighted by Crippen LogP contribution is -2.35. The Kier molecular flexibility index (Phi) is 12.7. The van der Waals surface area contributed by atoms with E-state index in [1.54, 1.807) is 0 Å². The number of amides is 2. The molecule has 0 fully saturated rings. The summed E-state index contributed by atoms with van der Waals surface area (Å²) < 4.78 is 21.0. The zero-order valence-corrected chi connectivity index (χ0v) is 15.8. The van der Waals surface area contributed by atoms with Gasteiger partial charge in [-0.2, -0.15) is 0 Å². The predicted molar refractivity (Wildman–Crippen MR) is 95.6 cm³/mol. The Morgan fingerprint density at radius 2 is 1.21 bits per heavy atom. The number of carboxylic acids is 1. The minimum absolute atomic E-state index is 0.0213. The van der Waals surface area contributed by atoms with Crippen molar-refractivity contribution in [3.63, 3.8) is 0 Å². The van der Waals surface area contributed by atoms with Gasteiger partial charge in [0.15, 0.2) is 5.78 Å². The molecule has 0 aliphatic carbocycles. The van der Waals surface area contributed by atoms with Crippen LogP contribution in [0.4, 0.5) is 0 Å². The zero-order chi connectivity index (χ0) is 20.6. The van der Waals surface area contributed by atoms with Crippen LogP contribution in [0.1, 0.15) is 19.3 Å². The Morgan fingerprint density at radius 3 is 1.71 bits per heavy atom. The Morgan fingerprint density at radius 1 is 0.750 bits per heavy atom. The second-order valence-corrected chi connectivity index (χ2v) is 5.83. The minimum Gasteiger partial charge on any atom is -0.481 e. The molecule has 28 heavy (non-hydrogen) atoms. The third kappa shape index (κ3) is 11.5. The Labute approximate surface area is 163 Å². The van der Waals surface area contributed by atoms with E-state index in [0.29, 0.717) is 52.7 Å². The molecular formula is C18H27NO9. The van der Waals surface area contributed by atoms with Crippen molar-refractivity contribution in [3.05, 3.63) is 12.2 Å². The number of carboxylic acid groups (broad SMARTS) is 1. The van der Waals surface area contributed by atoms with E-state index in [1.165, 1.54) is 0 Å². The van der Waals surface area contributed by atoms with E-state index >= 15 is 0 Å². The molecule has 158 valence electrons. The van der Waals surface area contributed by atoms with Crippen LogP contribution < -0.4 is 0 Å². The molecule has 0 aromatic heterocycles. The van der Waals surface area contributed by atoms with Gasteiger partial charge in [0.25, 0.3) is 11.8 Å². The maximum atomic E-state index is 11.7. The summed E-state index contributed by atoms with van der Waals surface area (Å²) in [7, 11) is 0. The van der Waals surface area contributed by atoms with Crippen LogP contribution in [-0.2, 0) is 38.1 Å². The molecule has 1 aliphatic rings. The van der Waals surface area contributed by atoms with Gasteiger partial charge in [-0.05, 0) is 6.42 Å². The summed E-state index contributed by atoms with van der Waals surface area (Å²) >= 11 is 0. The monoisotopic (exact) mass is 401 g/mol. The number of ether oxygens (including phenoxy) is 4. The van der Waals surface area contributed by atoms with Crippen LogP contribution in [0.3, 0.4) is 0 Å². The summed E-state index contributed by atoms with van der Waals surface area (Å²) in [5.41, 5.74) is 0. The molecule has 0 unspecified atom stereocenters. The average Bonchev–Trinajstić information content (AvgIpc) is 2.96. The van der Waals surface area contributed by atoms with Crippen molar-refractivity contribution < 1.29 is 43.2 Å². The highest BCUT2D eigenvalue weighted by Gasteiger charge is 2.25. The van der Waals surface area contributed by atoms with Gasteiger partial charge >= 0.3 is 5.97 Å². The molecule has 1 heterocycles. The number of carbonyl (C=O) groups excluding carboxylic acids is 3. The number of Topliss-reactive ketones (excluding diaryl/α,β-unsaturated/α-hetero) is 1.